The second kappa shape index (κ2) is 8.48. The quantitative estimate of drug-likeness (QED) is 0.327. The van der Waals surface area contributed by atoms with Crippen molar-refractivity contribution in [3.8, 4) is 11.1 Å². The van der Waals surface area contributed by atoms with Crippen LogP contribution < -0.4 is 5.09 Å². The lowest BCUT2D eigenvalue weighted by Gasteiger charge is -2.25. The van der Waals surface area contributed by atoms with Gasteiger partial charge in [-0.2, -0.15) is 0 Å². The molecule has 10 heteroatoms. The van der Waals surface area contributed by atoms with Crippen molar-refractivity contribution in [2.75, 3.05) is 25.5 Å². The van der Waals surface area contributed by atoms with E-state index in [1.165, 1.54) is 0 Å². The number of carbonyl (C=O) groups excluding carboxylic acids is 1. The van der Waals surface area contributed by atoms with Gasteiger partial charge in [-0.3, -0.25) is 4.79 Å². The average molecular weight is 522 g/mol. The van der Waals surface area contributed by atoms with Crippen LogP contribution in [0.3, 0.4) is 0 Å². The fourth-order valence-corrected chi connectivity index (χ4v) is 6.31. The molecule has 0 saturated heterocycles. The summed E-state index contributed by atoms with van der Waals surface area (Å²) in [6.07, 6.45) is -0.590. The lowest BCUT2D eigenvalue weighted by Crippen LogP contribution is -2.30. The maximum absolute atomic E-state index is 13.5. The summed E-state index contributed by atoms with van der Waals surface area (Å²) in [7, 11) is -0.715. The van der Waals surface area contributed by atoms with E-state index in [0.717, 1.165) is 28.0 Å². The number of pyridine rings is 1. The molecular weight excluding hydrogens is 495 g/mol. The second-order valence-electron chi connectivity index (χ2n) is 10.1. The van der Waals surface area contributed by atoms with Gasteiger partial charge in [0.1, 0.15) is 11.6 Å². The van der Waals surface area contributed by atoms with Crippen LogP contribution in [0, 0.1) is 0 Å². The van der Waals surface area contributed by atoms with Gasteiger partial charge < -0.3 is 19.1 Å². The molecule has 2 aliphatic heterocycles. The molecule has 0 saturated carbocycles. The summed E-state index contributed by atoms with van der Waals surface area (Å²) in [5.74, 6) is 1.15. The Morgan fingerprint density at radius 2 is 1.89 bits per heavy atom. The van der Waals surface area contributed by atoms with Crippen LogP contribution >= 0.6 is 7.29 Å². The minimum atomic E-state index is -2.51. The monoisotopic (exact) mass is 521 g/mol. The van der Waals surface area contributed by atoms with Crippen molar-refractivity contribution in [2.24, 2.45) is 0 Å². The van der Waals surface area contributed by atoms with Crippen molar-refractivity contribution in [1.29, 1.82) is 0 Å². The first-order chi connectivity index (χ1) is 17.6. The second-order valence-corrected chi connectivity index (χ2v) is 13.0. The minimum Gasteiger partial charge on any atom is -0.331 e. The highest BCUT2D eigenvalue weighted by Crippen LogP contribution is 2.48. The number of anilines is 1. The molecule has 6 rings (SSSR count). The predicted octanol–water partition coefficient (Wildman–Crippen LogP) is 5.98. The zero-order chi connectivity index (χ0) is 26.1. The molecule has 7 nitrogen and oxygen atoms in total. The Kier molecular flexibility index (Phi) is 5.46. The third-order valence-corrected chi connectivity index (χ3v) is 7.94. The number of amides is 1. The highest BCUT2D eigenvalue weighted by Gasteiger charge is 2.44. The number of rotatable bonds is 5. The Morgan fingerprint density at radius 3 is 2.59 bits per heavy atom. The normalized spacial score (nSPS) is 18.8. The van der Waals surface area contributed by atoms with Crippen LogP contribution in [-0.4, -0.2) is 52.1 Å². The van der Waals surface area contributed by atoms with Crippen molar-refractivity contribution in [3.63, 3.8) is 0 Å². The highest BCUT2D eigenvalue weighted by atomic mass is 31.2. The van der Waals surface area contributed by atoms with Crippen LogP contribution in [0.4, 0.5) is 14.6 Å². The van der Waals surface area contributed by atoms with E-state index in [0.29, 0.717) is 28.9 Å². The molecule has 0 fully saturated rings. The number of alkyl halides is 2. The maximum atomic E-state index is 13.5. The van der Waals surface area contributed by atoms with Crippen LogP contribution in [0.1, 0.15) is 45.8 Å². The molecule has 2 aromatic heterocycles. The number of fused-ring (bicyclic) bond motifs is 9. The van der Waals surface area contributed by atoms with E-state index in [-0.39, 0.29) is 18.0 Å². The minimum absolute atomic E-state index is 0.166. The summed E-state index contributed by atoms with van der Waals surface area (Å²) in [5.41, 5.74) is 5.13. The number of nitrogens with zero attached hydrogens (tertiary/aromatic N) is 4. The molecule has 2 atom stereocenters. The third kappa shape index (κ3) is 4.02. The Balaban J connectivity index is 1.49. The SMILES string of the molecule is CN1C(=O)c2cccc(CC(F)F)c2[C@H]2C[C@@H]1c1nc3ccc(-c4ccc(NP(C)(C)=O)nc4)cc3n12. The van der Waals surface area contributed by atoms with Gasteiger partial charge in [0.2, 0.25) is 6.43 Å². The van der Waals surface area contributed by atoms with Gasteiger partial charge in [-0.05, 0) is 47.0 Å². The molecule has 0 aliphatic carbocycles. The van der Waals surface area contributed by atoms with Gasteiger partial charge in [-0.15, -0.1) is 0 Å². The van der Waals surface area contributed by atoms with Gasteiger partial charge in [-0.1, -0.05) is 18.2 Å². The van der Waals surface area contributed by atoms with E-state index in [4.69, 9.17) is 4.98 Å². The van der Waals surface area contributed by atoms with E-state index in [2.05, 4.69) is 14.6 Å². The predicted molar refractivity (Wildman–Crippen MR) is 140 cm³/mol. The first-order valence-electron chi connectivity index (χ1n) is 12.1. The summed E-state index contributed by atoms with van der Waals surface area (Å²) >= 11 is 0. The molecule has 4 aromatic rings. The number of halogens is 2. The molecule has 1 amide bonds. The van der Waals surface area contributed by atoms with Crippen molar-refractivity contribution >= 4 is 30.1 Å². The maximum Gasteiger partial charge on any atom is 0.254 e. The van der Waals surface area contributed by atoms with Crippen LogP contribution in [-0.2, 0) is 11.0 Å². The largest absolute Gasteiger partial charge is 0.331 e. The summed E-state index contributed by atoms with van der Waals surface area (Å²) in [5, 5.41) is 2.93. The molecule has 0 unspecified atom stereocenters. The van der Waals surface area contributed by atoms with E-state index in [1.807, 2.05) is 24.3 Å². The van der Waals surface area contributed by atoms with E-state index in [9.17, 15) is 18.1 Å². The first kappa shape index (κ1) is 23.8. The van der Waals surface area contributed by atoms with Gasteiger partial charge in [-0.25, -0.2) is 18.7 Å². The average Bonchev–Trinajstić information content (AvgIpc) is 3.36. The Labute approximate surface area is 213 Å². The fraction of sp³-hybridized carbons (Fsp3) is 0.296. The van der Waals surface area contributed by atoms with Gasteiger partial charge >= 0.3 is 0 Å². The van der Waals surface area contributed by atoms with Gasteiger partial charge in [0.15, 0.2) is 7.29 Å². The summed E-state index contributed by atoms with van der Waals surface area (Å²) in [4.78, 5) is 24.3. The molecule has 0 radical (unpaired) electrons. The number of nitrogens with one attached hydrogen (secondary N) is 1. The van der Waals surface area contributed by atoms with Crippen LogP contribution in [0.25, 0.3) is 22.2 Å². The lowest BCUT2D eigenvalue weighted by molar-refractivity contribution is 0.0734. The van der Waals surface area contributed by atoms with Crippen molar-refractivity contribution in [2.45, 2.75) is 31.4 Å². The Hall–Kier alpha value is -3.58. The van der Waals surface area contributed by atoms with Crippen molar-refractivity contribution < 1.29 is 18.1 Å². The Bertz CT molecular complexity index is 1590. The molecule has 190 valence electrons. The summed E-state index contributed by atoms with van der Waals surface area (Å²) in [6, 6.07) is 14.3. The molecule has 2 bridgehead atoms. The molecule has 2 aliphatic rings. The van der Waals surface area contributed by atoms with Crippen molar-refractivity contribution in [1.82, 2.24) is 19.4 Å². The number of imidazole rings is 1. The van der Waals surface area contributed by atoms with Gasteiger partial charge in [0, 0.05) is 50.5 Å². The zero-order valence-electron chi connectivity index (χ0n) is 20.7. The summed E-state index contributed by atoms with van der Waals surface area (Å²) < 4.78 is 41.2. The Morgan fingerprint density at radius 1 is 1.11 bits per heavy atom. The first-order valence-corrected chi connectivity index (χ1v) is 14.7. The standard InChI is InChI=1S/C27H26F2N5O2P/c1-33-22-13-21(25-16(12-23(28)29)5-4-6-18(25)27(33)35)34-20-11-15(7-9-19(20)31-26(22)34)17-8-10-24(30-14-17)32-37(2,3)36/h4-11,14,21-23H,12-13H2,1-3H3,(H,30,32,36)/t21-,22-/m1/s1. The molecule has 1 N–H and O–H groups in total. The number of aromatic nitrogens is 3. The third-order valence-electron chi connectivity index (χ3n) is 7.18. The van der Waals surface area contributed by atoms with E-state index >= 15 is 0 Å². The molecular formula is C27H26F2N5O2P. The van der Waals surface area contributed by atoms with Crippen molar-refractivity contribution in [3.05, 3.63) is 77.2 Å². The van der Waals surface area contributed by atoms with Crippen LogP contribution in [0.15, 0.2) is 54.7 Å². The molecule has 37 heavy (non-hydrogen) atoms. The molecule has 0 spiro atoms. The lowest BCUT2D eigenvalue weighted by atomic mass is 9.92. The highest BCUT2D eigenvalue weighted by molar-refractivity contribution is 7.63. The van der Waals surface area contributed by atoms with Crippen LogP contribution in [0.2, 0.25) is 0 Å². The van der Waals surface area contributed by atoms with Gasteiger partial charge in [0.05, 0.1) is 23.1 Å². The topological polar surface area (TPSA) is 80.1 Å². The number of carbonyl (C=O) groups is 1. The molecule has 2 aromatic carbocycles. The molecule has 4 heterocycles. The fourth-order valence-electron chi connectivity index (χ4n) is 5.63. The van der Waals surface area contributed by atoms with E-state index < -0.39 is 20.1 Å². The summed E-state index contributed by atoms with van der Waals surface area (Å²) in [6.45, 7) is 3.29. The number of hydrogen-bond donors (Lipinski definition) is 1. The number of benzene rings is 2. The smallest absolute Gasteiger partial charge is 0.254 e. The van der Waals surface area contributed by atoms with E-state index in [1.54, 1.807) is 55.7 Å². The number of hydrogen-bond acceptors (Lipinski definition) is 4. The van der Waals surface area contributed by atoms with Crippen LogP contribution in [0.5, 0.6) is 0 Å². The van der Waals surface area contributed by atoms with Gasteiger partial charge in [0.25, 0.3) is 5.91 Å². The zero-order valence-corrected chi connectivity index (χ0v) is 21.5.